The summed E-state index contributed by atoms with van der Waals surface area (Å²) in [6, 6.07) is 7.77. The lowest BCUT2D eigenvalue weighted by Gasteiger charge is -2.57. The molecule has 2 nitrogen and oxygen atoms in total. The lowest BCUT2D eigenvalue weighted by molar-refractivity contribution is -0.0366. The van der Waals surface area contributed by atoms with E-state index in [1.807, 2.05) is 24.3 Å². The predicted octanol–water partition coefficient (Wildman–Crippen LogP) is 4.25. The molecule has 0 bridgehead atoms. The van der Waals surface area contributed by atoms with Gasteiger partial charge in [-0.25, -0.2) is 0 Å². The van der Waals surface area contributed by atoms with Crippen LogP contribution in [0.2, 0.25) is 0 Å². The zero-order valence-corrected chi connectivity index (χ0v) is 14.6. The fraction of sp³-hybridized carbons (Fsp3) is 0.550. The van der Waals surface area contributed by atoms with E-state index in [0.717, 1.165) is 12.0 Å². The van der Waals surface area contributed by atoms with Gasteiger partial charge in [0.1, 0.15) is 0 Å². The van der Waals surface area contributed by atoms with Crippen molar-refractivity contribution >= 4 is 5.91 Å². The second-order valence-corrected chi connectivity index (χ2v) is 8.06. The van der Waals surface area contributed by atoms with E-state index in [4.69, 9.17) is 0 Å². The lowest BCUT2D eigenvalue weighted by Crippen LogP contribution is -2.63. The minimum Gasteiger partial charge on any atom is -0.348 e. The largest absolute Gasteiger partial charge is 0.348 e. The first-order chi connectivity index (χ1) is 10.1. The quantitative estimate of drug-likeness (QED) is 0.812. The summed E-state index contributed by atoms with van der Waals surface area (Å²) >= 11 is 0. The number of amides is 1. The van der Waals surface area contributed by atoms with Crippen molar-refractivity contribution in [3.63, 3.8) is 0 Å². The molecule has 0 heterocycles. The fourth-order valence-electron chi connectivity index (χ4n) is 3.84. The van der Waals surface area contributed by atoms with Crippen LogP contribution in [0.5, 0.6) is 0 Å². The Labute approximate surface area is 134 Å². The van der Waals surface area contributed by atoms with Gasteiger partial charge in [-0.3, -0.25) is 4.79 Å². The van der Waals surface area contributed by atoms with Crippen molar-refractivity contribution in [3.05, 3.63) is 35.4 Å². The van der Waals surface area contributed by atoms with Crippen LogP contribution < -0.4 is 5.32 Å². The van der Waals surface area contributed by atoms with Gasteiger partial charge in [0.2, 0.25) is 0 Å². The summed E-state index contributed by atoms with van der Waals surface area (Å²) in [5, 5.41) is 3.21. The molecule has 1 aliphatic carbocycles. The highest BCUT2D eigenvalue weighted by Crippen LogP contribution is 2.53. The summed E-state index contributed by atoms with van der Waals surface area (Å²) in [5.74, 6) is 6.61. The number of rotatable bonds is 2. The van der Waals surface area contributed by atoms with E-state index in [2.05, 4.69) is 58.7 Å². The van der Waals surface area contributed by atoms with Crippen LogP contribution in [0.4, 0.5) is 0 Å². The second kappa shape index (κ2) is 5.80. The molecular weight excluding hydrogens is 270 g/mol. The topological polar surface area (TPSA) is 29.1 Å². The SMILES string of the molecule is CC(C)C#Cc1ccc(C(=O)NC2C(C)(C)CC2(C)C)cc1. The minimum atomic E-state index is 0.00854. The summed E-state index contributed by atoms with van der Waals surface area (Å²) in [4.78, 5) is 12.5. The minimum absolute atomic E-state index is 0.00854. The summed E-state index contributed by atoms with van der Waals surface area (Å²) < 4.78 is 0. The van der Waals surface area contributed by atoms with Crippen LogP contribution in [0.25, 0.3) is 0 Å². The molecule has 0 spiro atoms. The zero-order valence-electron chi connectivity index (χ0n) is 14.6. The molecule has 22 heavy (non-hydrogen) atoms. The van der Waals surface area contributed by atoms with Crippen molar-refractivity contribution in [2.24, 2.45) is 16.7 Å². The molecule has 0 saturated heterocycles. The maximum Gasteiger partial charge on any atom is 0.251 e. The van der Waals surface area contributed by atoms with Crippen molar-refractivity contribution in [1.82, 2.24) is 5.32 Å². The van der Waals surface area contributed by atoms with Gasteiger partial charge in [-0.15, -0.1) is 0 Å². The van der Waals surface area contributed by atoms with Crippen LogP contribution in [0, 0.1) is 28.6 Å². The Kier molecular flexibility index (Phi) is 4.38. The normalized spacial score (nSPS) is 19.0. The Balaban J connectivity index is 2.07. The van der Waals surface area contributed by atoms with Crippen molar-refractivity contribution < 1.29 is 4.79 Å². The van der Waals surface area contributed by atoms with Gasteiger partial charge in [-0.05, 0) is 41.5 Å². The van der Waals surface area contributed by atoms with Crippen LogP contribution in [-0.4, -0.2) is 11.9 Å². The molecule has 2 heteroatoms. The number of carbonyl (C=O) groups is 1. The third kappa shape index (κ3) is 3.53. The Morgan fingerprint density at radius 1 is 1.14 bits per heavy atom. The number of hydrogen-bond acceptors (Lipinski definition) is 1. The number of nitrogens with one attached hydrogen (secondary N) is 1. The van der Waals surface area contributed by atoms with E-state index in [9.17, 15) is 4.79 Å². The van der Waals surface area contributed by atoms with E-state index >= 15 is 0 Å². The van der Waals surface area contributed by atoms with Gasteiger partial charge in [0.15, 0.2) is 0 Å². The van der Waals surface area contributed by atoms with Crippen LogP contribution in [0.1, 0.15) is 63.9 Å². The number of carbonyl (C=O) groups excluding carboxylic acids is 1. The van der Waals surface area contributed by atoms with Crippen LogP contribution in [0.15, 0.2) is 24.3 Å². The number of benzene rings is 1. The predicted molar refractivity (Wildman–Crippen MR) is 91.6 cm³/mol. The van der Waals surface area contributed by atoms with E-state index in [-0.39, 0.29) is 22.8 Å². The maximum atomic E-state index is 12.5. The molecule has 0 aromatic heterocycles. The first-order valence-corrected chi connectivity index (χ1v) is 8.04. The van der Waals surface area contributed by atoms with Gasteiger partial charge in [0.05, 0.1) is 0 Å². The van der Waals surface area contributed by atoms with Gasteiger partial charge >= 0.3 is 0 Å². The molecule has 1 saturated carbocycles. The number of hydrogen-bond donors (Lipinski definition) is 1. The molecule has 1 aliphatic rings. The maximum absolute atomic E-state index is 12.5. The highest BCUT2D eigenvalue weighted by molar-refractivity contribution is 5.94. The summed E-state index contributed by atoms with van der Waals surface area (Å²) in [6.07, 6.45) is 1.13. The molecule has 1 aromatic rings. The van der Waals surface area contributed by atoms with E-state index in [1.54, 1.807) is 0 Å². The Bertz CT molecular complexity index is 597. The first-order valence-electron chi connectivity index (χ1n) is 8.04. The molecule has 118 valence electrons. The van der Waals surface area contributed by atoms with Gasteiger partial charge < -0.3 is 5.32 Å². The average molecular weight is 297 g/mol. The molecule has 1 aromatic carbocycles. The third-order valence-electron chi connectivity index (χ3n) is 4.40. The Morgan fingerprint density at radius 2 is 1.68 bits per heavy atom. The van der Waals surface area contributed by atoms with Crippen molar-refractivity contribution in [2.45, 2.75) is 54.0 Å². The van der Waals surface area contributed by atoms with E-state index < -0.39 is 0 Å². The summed E-state index contributed by atoms with van der Waals surface area (Å²) in [5.41, 5.74) is 1.99. The van der Waals surface area contributed by atoms with Gasteiger partial charge in [0.25, 0.3) is 5.91 Å². The van der Waals surface area contributed by atoms with Gasteiger partial charge in [-0.2, -0.15) is 0 Å². The lowest BCUT2D eigenvalue weighted by atomic mass is 9.52. The molecular formula is C20H27NO. The molecule has 0 aliphatic heterocycles. The summed E-state index contributed by atoms with van der Waals surface area (Å²) in [7, 11) is 0. The molecule has 1 N–H and O–H groups in total. The molecule has 0 radical (unpaired) electrons. The van der Waals surface area contributed by atoms with Crippen LogP contribution in [-0.2, 0) is 0 Å². The van der Waals surface area contributed by atoms with Gasteiger partial charge in [-0.1, -0.05) is 53.4 Å². The Morgan fingerprint density at radius 3 is 2.14 bits per heavy atom. The highest BCUT2D eigenvalue weighted by Gasteiger charge is 2.53. The zero-order chi connectivity index (χ0) is 16.5. The second-order valence-electron chi connectivity index (χ2n) is 8.06. The van der Waals surface area contributed by atoms with Crippen LogP contribution in [0.3, 0.4) is 0 Å². The standard InChI is InChI=1S/C20H27NO/c1-14(2)7-8-15-9-11-16(12-10-15)17(22)21-18-19(3,4)13-20(18,5)6/h9-12,14,18H,13H2,1-6H3,(H,21,22). The van der Waals surface area contributed by atoms with Crippen molar-refractivity contribution in [1.29, 1.82) is 0 Å². The molecule has 2 rings (SSSR count). The first kappa shape index (κ1) is 16.6. The monoisotopic (exact) mass is 297 g/mol. The van der Waals surface area contributed by atoms with Crippen LogP contribution >= 0.6 is 0 Å². The molecule has 1 fully saturated rings. The highest BCUT2D eigenvalue weighted by atomic mass is 16.1. The molecule has 0 atom stereocenters. The average Bonchev–Trinajstić information content (AvgIpc) is 2.41. The van der Waals surface area contributed by atoms with Crippen molar-refractivity contribution in [3.8, 4) is 11.8 Å². The molecule has 1 amide bonds. The smallest absolute Gasteiger partial charge is 0.251 e. The molecule has 0 unspecified atom stereocenters. The fourth-order valence-corrected chi connectivity index (χ4v) is 3.84. The third-order valence-corrected chi connectivity index (χ3v) is 4.40. The van der Waals surface area contributed by atoms with E-state index in [1.165, 1.54) is 0 Å². The van der Waals surface area contributed by atoms with Gasteiger partial charge in [0, 0.05) is 23.1 Å². The van der Waals surface area contributed by atoms with E-state index in [0.29, 0.717) is 11.5 Å². The Hall–Kier alpha value is -1.75. The van der Waals surface area contributed by atoms with Crippen molar-refractivity contribution in [2.75, 3.05) is 0 Å². The summed E-state index contributed by atoms with van der Waals surface area (Å²) in [6.45, 7) is 13.0.